The number of carbonyl (C=O) groups is 2. The Labute approximate surface area is 152 Å². The zero-order valence-electron chi connectivity index (χ0n) is 15.4. The van der Waals surface area contributed by atoms with Gasteiger partial charge in [-0.25, -0.2) is 4.79 Å². The lowest BCUT2D eigenvalue weighted by molar-refractivity contribution is 0.0600. The number of aromatic amines is 1. The van der Waals surface area contributed by atoms with Gasteiger partial charge in [0, 0.05) is 23.2 Å². The van der Waals surface area contributed by atoms with Crippen molar-refractivity contribution < 1.29 is 14.3 Å². The fraction of sp³-hybridized carbons (Fsp3) is 0.238. The Hall–Kier alpha value is -3.08. The normalized spacial score (nSPS) is 10.8. The van der Waals surface area contributed by atoms with Gasteiger partial charge in [0.05, 0.1) is 18.2 Å². The van der Waals surface area contributed by atoms with E-state index < -0.39 is 5.97 Å². The van der Waals surface area contributed by atoms with Gasteiger partial charge in [0.1, 0.15) is 0 Å². The first-order valence-electron chi connectivity index (χ1n) is 8.45. The highest BCUT2D eigenvalue weighted by atomic mass is 16.5. The summed E-state index contributed by atoms with van der Waals surface area (Å²) >= 11 is 0. The molecule has 134 valence electrons. The molecule has 3 aromatic rings. The molecule has 5 nitrogen and oxygen atoms in total. The number of aromatic nitrogens is 1. The molecule has 0 saturated carbocycles. The Morgan fingerprint density at radius 3 is 2.35 bits per heavy atom. The lowest BCUT2D eigenvalue weighted by Gasteiger charge is -2.09. The zero-order valence-corrected chi connectivity index (χ0v) is 15.4. The zero-order chi connectivity index (χ0) is 18.8. The van der Waals surface area contributed by atoms with E-state index in [2.05, 4.69) is 47.9 Å². The molecule has 0 radical (unpaired) electrons. The standard InChI is InChI=1S/C21H22N2O3/c1-12-9-17(19-18(10-12)13(2)14(3)23-19)11-22-20(24)15-5-7-16(8-6-15)21(25)26-4/h5-10,23H,11H2,1-4H3,(H,22,24). The molecular weight excluding hydrogens is 328 g/mol. The molecule has 0 aliphatic heterocycles. The molecule has 0 unspecified atom stereocenters. The highest BCUT2D eigenvalue weighted by Crippen LogP contribution is 2.26. The highest BCUT2D eigenvalue weighted by molar-refractivity contribution is 5.96. The van der Waals surface area contributed by atoms with E-state index in [4.69, 9.17) is 0 Å². The molecule has 1 amide bonds. The van der Waals surface area contributed by atoms with Gasteiger partial charge in [-0.2, -0.15) is 0 Å². The van der Waals surface area contributed by atoms with Gasteiger partial charge in [0.2, 0.25) is 0 Å². The SMILES string of the molecule is COC(=O)c1ccc(C(=O)NCc2cc(C)cc3c(C)c(C)[nH]c23)cc1. The van der Waals surface area contributed by atoms with Gasteiger partial charge in [-0.15, -0.1) is 0 Å². The average Bonchev–Trinajstić information content (AvgIpc) is 2.93. The van der Waals surface area contributed by atoms with E-state index in [-0.39, 0.29) is 5.91 Å². The molecule has 1 heterocycles. The summed E-state index contributed by atoms with van der Waals surface area (Å²) in [6.45, 7) is 6.63. The van der Waals surface area contributed by atoms with Crippen LogP contribution >= 0.6 is 0 Å². The Morgan fingerprint density at radius 1 is 1.04 bits per heavy atom. The van der Waals surface area contributed by atoms with Crippen LogP contribution in [0.25, 0.3) is 10.9 Å². The van der Waals surface area contributed by atoms with Crippen molar-refractivity contribution in [1.82, 2.24) is 10.3 Å². The summed E-state index contributed by atoms with van der Waals surface area (Å²) in [5, 5.41) is 4.14. The van der Waals surface area contributed by atoms with Gasteiger partial charge >= 0.3 is 5.97 Å². The summed E-state index contributed by atoms with van der Waals surface area (Å²) in [5.74, 6) is -0.604. The number of methoxy groups -OCH3 is 1. The predicted molar refractivity (Wildman–Crippen MR) is 101 cm³/mol. The Balaban J connectivity index is 1.78. The maximum Gasteiger partial charge on any atom is 0.337 e. The van der Waals surface area contributed by atoms with Crippen LogP contribution in [0.2, 0.25) is 0 Å². The molecule has 2 N–H and O–H groups in total. The first kappa shape index (κ1) is 17.7. The molecule has 0 saturated heterocycles. The molecule has 26 heavy (non-hydrogen) atoms. The minimum absolute atomic E-state index is 0.184. The Bertz CT molecular complexity index is 985. The molecule has 0 aliphatic carbocycles. The van der Waals surface area contributed by atoms with Gasteiger partial charge in [0.25, 0.3) is 5.91 Å². The van der Waals surface area contributed by atoms with Crippen LogP contribution < -0.4 is 5.32 Å². The van der Waals surface area contributed by atoms with Crippen LogP contribution in [-0.2, 0) is 11.3 Å². The molecule has 0 spiro atoms. The number of esters is 1. The van der Waals surface area contributed by atoms with E-state index in [0.29, 0.717) is 17.7 Å². The minimum atomic E-state index is -0.420. The molecule has 0 aliphatic rings. The number of hydrogen-bond acceptors (Lipinski definition) is 3. The second-order valence-corrected chi connectivity index (χ2v) is 6.47. The van der Waals surface area contributed by atoms with E-state index in [1.54, 1.807) is 24.3 Å². The number of fused-ring (bicyclic) bond motifs is 1. The van der Waals surface area contributed by atoms with Gasteiger partial charge in [-0.05, 0) is 62.2 Å². The Kier molecular flexibility index (Phi) is 4.80. The van der Waals surface area contributed by atoms with Crippen LogP contribution in [-0.4, -0.2) is 24.0 Å². The maximum atomic E-state index is 12.4. The third kappa shape index (κ3) is 3.33. The maximum absolute atomic E-state index is 12.4. The summed E-state index contributed by atoms with van der Waals surface area (Å²) in [6.07, 6.45) is 0. The van der Waals surface area contributed by atoms with Gasteiger partial charge in [-0.3, -0.25) is 4.79 Å². The lowest BCUT2D eigenvalue weighted by atomic mass is 10.0. The fourth-order valence-electron chi connectivity index (χ4n) is 3.08. The van der Waals surface area contributed by atoms with E-state index in [1.807, 2.05) is 0 Å². The van der Waals surface area contributed by atoms with Crippen molar-refractivity contribution in [2.45, 2.75) is 27.3 Å². The summed E-state index contributed by atoms with van der Waals surface area (Å²) in [5.41, 5.74) is 6.56. The molecule has 2 aromatic carbocycles. The van der Waals surface area contributed by atoms with Crippen LogP contribution in [0.4, 0.5) is 0 Å². The molecule has 5 heteroatoms. The largest absolute Gasteiger partial charge is 0.465 e. The molecule has 0 atom stereocenters. The highest BCUT2D eigenvalue weighted by Gasteiger charge is 2.12. The number of amides is 1. The smallest absolute Gasteiger partial charge is 0.337 e. The number of aryl methyl sites for hydroxylation is 3. The minimum Gasteiger partial charge on any atom is -0.465 e. The van der Waals surface area contributed by atoms with Gasteiger partial charge < -0.3 is 15.0 Å². The van der Waals surface area contributed by atoms with Crippen molar-refractivity contribution in [3.05, 3.63) is 69.9 Å². The number of hydrogen-bond donors (Lipinski definition) is 2. The van der Waals surface area contributed by atoms with Crippen molar-refractivity contribution in [1.29, 1.82) is 0 Å². The lowest BCUT2D eigenvalue weighted by Crippen LogP contribution is -2.23. The average molecular weight is 350 g/mol. The van der Waals surface area contributed by atoms with Crippen LogP contribution in [0, 0.1) is 20.8 Å². The van der Waals surface area contributed by atoms with E-state index in [9.17, 15) is 9.59 Å². The summed E-state index contributed by atoms with van der Waals surface area (Å²) in [6, 6.07) is 10.7. The van der Waals surface area contributed by atoms with Crippen molar-refractivity contribution >= 4 is 22.8 Å². The number of benzene rings is 2. The topological polar surface area (TPSA) is 71.2 Å². The quantitative estimate of drug-likeness (QED) is 0.703. The van der Waals surface area contributed by atoms with Crippen LogP contribution in [0.5, 0.6) is 0 Å². The third-order valence-corrected chi connectivity index (χ3v) is 4.65. The first-order chi connectivity index (χ1) is 12.4. The second-order valence-electron chi connectivity index (χ2n) is 6.47. The van der Waals surface area contributed by atoms with E-state index in [0.717, 1.165) is 22.3 Å². The predicted octanol–water partition coefficient (Wildman–Crippen LogP) is 3.81. The van der Waals surface area contributed by atoms with Crippen LogP contribution in [0.15, 0.2) is 36.4 Å². The van der Waals surface area contributed by atoms with E-state index in [1.165, 1.54) is 18.1 Å². The fourth-order valence-corrected chi connectivity index (χ4v) is 3.08. The molecule has 0 bridgehead atoms. The first-order valence-corrected chi connectivity index (χ1v) is 8.45. The number of carbonyl (C=O) groups excluding carboxylic acids is 2. The summed E-state index contributed by atoms with van der Waals surface area (Å²) in [4.78, 5) is 27.3. The van der Waals surface area contributed by atoms with Crippen molar-refractivity contribution in [2.75, 3.05) is 7.11 Å². The molecule has 1 aromatic heterocycles. The van der Waals surface area contributed by atoms with Crippen molar-refractivity contribution in [3.63, 3.8) is 0 Å². The monoisotopic (exact) mass is 350 g/mol. The van der Waals surface area contributed by atoms with Crippen LogP contribution in [0.3, 0.4) is 0 Å². The summed E-state index contributed by atoms with van der Waals surface area (Å²) in [7, 11) is 1.33. The molecule has 0 fully saturated rings. The van der Waals surface area contributed by atoms with Gasteiger partial charge in [0.15, 0.2) is 0 Å². The van der Waals surface area contributed by atoms with Crippen molar-refractivity contribution in [3.8, 4) is 0 Å². The number of ether oxygens (including phenoxy) is 1. The van der Waals surface area contributed by atoms with Crippen molar-refractivity contribution in [2.24, 2.45) is 0 Å². The number of H-pyrrole nitrogens is 1. The second kappa shape index (κ2) is 7.04. The third-order valence-electron chi connectivity index (χ3n) is 4.65. The number of rotatable bonds is 4. The Morgan fingerprint density at radius 2 is 1.69 bits per heavy atom. The molecular formula is C21H22N2O3. The van der Waals surface area contributed by atoms with Crippen LogP contribution in [0.1, 0.15) is 43.1 Å². The molecule has 3 rings (SSSR count). The van der Waals surface area contributed by atoms with Gasteiger partial charge in [-0.1, -0.05) is 11.6 Å². The summed E-state index contributed by atoms with van der Waals surface area (Å²) < 4.78 is 4.66. The van der Waals surface area contributed by atoms with E-state index >= 15 is 0 Å². The number of nitrogens with one attached hydrogen (secondary N) is 2.